The second-order valence-corrected chi connectivity index (χ2v) is 4.86. The molecular weight excluding hydrogens is 251 g/mol. The summed E-state index contributed by atoms with van der Waals surface area (Å²) in [5.41, 5.74) is 0.619. The Labute approximate surface area is 100 Å². The monoisotopic (exact) mass is 261 g/mol. The van der Waals surface area contributed by atoms with E-state index in [1.165, 1.54) is 0 Å². The standard InChI is InChI=1S/C11H10F3NOS/c12-11(13,14)10-15-6-8(17-10)9(16)7-4-2-1-3-5-7/h4,6H,1-3,5H2. The molecule has 6 heteroatoms. The van der Waals surface area contributed by atoms with Gasteiger partial charge in [0.05, 0.1) is 4.88 Å². The number of halogens is 3. The van der Waals surface area contributed by atoms with Crippen molar-refractivity contribution in [1.29, 1.82) is 0 Å². The molecule has 0 radical (unpaired) electrons. The highest BCUT2D eigenvalue weighted by molar-refractivity contribution is 7.13. The fourth-order valence-corrected chi connectivity index (χ4v) is 2.47. The van der Waals surface area contributed by atoms with E-state index in [-0.39, 0.29) is 10.7 Å². The molecule has 0 spiro atoms. The number of allylic oxidation sites excluding steroid dienone is 2. The molecule has 1 aromatic rings. The Hall–Kier alpha value is -1.17. The molecule has 0 saturated heterocycles. The number of Topliss-reactive ketones (excluding diaryl/α,β-unsaturated/α-hetero) is 1. The predicted octanol–water partition coefficient (Wildman–Crippen LogP) is 3.85. The summed E-state index contributed by atoms with van der Waals surface area (Å²) in [5, 5.41) is -0.961. The van der Waals surface area contributed by atoms with Crippen molar-refractivity contribution >= 4 is 17.1 Å². The molecule has 0 amide bonds. The number of rotatable bonds is 2. The summed E-state index contributed by atoms with van der Waals surface area (Å²) in [7, 11) is 0. The Morgan fingerprint density at radius 2 is 2.12 bits per heavy atom. The number of thiazole rings is 1. The number of hydrogen-bond acceptors (Lipinski definition) is 3. The molecule has 92 valence electrons. The van der Waals surface area contributed by atoms with Crippen molar-refractivity contribution in [3.8, 4) is 0 Å². The predicted molar refractivity (Wildman–Crippen MR) is 58.0 cm³/mol. The van der Waals surface area contributed by atoms with E-state index in [4.69, 9.17) is 0 Å². The van der Waals surface area contributed by atoms with Crippen LogP contribution in [0.15, 0.2) is 17.8 Å². The number of alkyl halides is 3. The summed E-state index contributed by atoms with van der Waals surface area (Å²) in [6, 6.07) is 0. The molecule has 0 aliphatic heterocycles. The van der Waals surface area contributed by atoms with Crippen LogP contribution in [0.1, 0.15) is 40.4 Å². The van der Waals surface area contributed by atoms with Crippen LogP contribution in [0, 0.1) is 0 Å². The van der Waals surface area contributed by atoms with Gasteiger partial charge >= 0.3 is 6.18 Å². The van der Waals surface area contributed by atoms with Crippen LogP contribution in [0.2, 0.25) is 0 Å². The zero-order chi connectivity index (χ0) is 12.5. The van der Waals surface area contributed by atoms with Crippen LogP contribution in [-0.4, -0.2) is 10.8 Å². The van der Waals surface area contributed by atoms with Crippen LogP contribution in [0.25, 0.3) is 0 Å². The summed E-state index contributed by atoms with van der Waals surface area (Å²) in [5.74, 6) is -0.308. The van der Waals surface area contributed by atoms with E-state index >= 15 is 0 Å². The van der Waals surface area contributed by atoms with Gasteiger partial charge in [0, 0.05) is 6.20 Å². The van der Waals surface area contributed by atoms with Gasteiger partial charge in [-0.1, -0.05) is 6.08 Å². The first-order chi connectivity index (χ1) is 7.98. The average Bonchev–Trinajstić information content (AvgIpc) is 2.78. The molecule has 0 N–H and O–H groups in total. The van der Waals surface area contributed by atoms with Crippen molar-refractivity contribution in [3.63, 3.8) is 0 Å². The molecule has 17 heavy (non-hydrogen) atoms. The van der Waals surface area contributed by atoms with Gasteiger partial charge in [-0.05, 0) is 31.3 Å². The van der Waals surface area contributed by atoms with Crippen LogP contribution in [0.4, 0.5) is 13.2 Å². The Morgan fingerprint density at radius 1 is 1.35 bits per heavy atom. The minimum Gasteiger partial charge on any atom is -0.288 e. The summed E-state index contributed by atoms with van der Waals surface area (Å²) >= 11 is 0.415. The van der Waals surface area contributed by atoms with E-state index < -0.39 is 11.2 Å². The lowest BCUT2D eigenvalue weighted by molar-refractivity contribution is -0.137. The average molecular weight is 261 g/mol. The van der Waals surface area contributed by atoms with Gasteiger partial charge < -0.3 is 0 Å². The van der Waals surface area contributed by atoms with Gasteiger partial charge in [-0.25, -0.2) is 4.98 Å². The second kappa shape index (κ2) is 4.60. The van der Waals surface area contributed by atoms with Gasteiger partial charge in [0.15, 0.2) is 10.8 Å². The lowest BCUT2D eigenvalue weighted by atomic mass is 9.96. The lowest BCUT2D eigenvalue weighted by Crippen LogP contribution is -2.05. The van der Waals surface area contributed by atoms with E-state index in [0.29, 0.717) is 23.3 Å². The maximum atomic E-state index is 12.3. The van der Waals surface area contributed by atoms with Crippen LogP contribution >= 0.6 is 11.3 Å². The molecule has 2 rings (SSSR count). The van der Waals surface area contributed by atoms with Gasteiger partial charge in [0.2, 0.25) is 0 Å². The third-order valence-electron chi connectivity index (χ3n) is 2.55. The highest BCUT2D eigenvalue weighted by Gasteiger charge is 2.35. The van der Waals surface area contributed by atoms with Gasteiger partial charge in [-0.15, -0.1) is 11.3 Å². The zero-order valence-electron chi connectivity index (χ0n) is 8.88. The lowest BCUT2D eigenvalue weighted by Gasteiger charge is -2.09. The zero-order valence-corrected chi connectivity index (χ0v) is 9.70. The van der Waals surface area contributed by atoms with Crippen LogP contribution < -0.4 is 0 Å². The largest absolute Gasteiger partial charge is 0.443 e. The third kappa shape index (κ3) is 2.74. The van der Waals surface area contributed by atoms with E-state index in [1.54, 1.807) is 0 Å². The van der Waals surface area contributed by atoms with Crippen molar-refractivity contribution in [1.82, 2.24) is 4.98 Å². The Bertz CT molecular complexity index is 462. The topological polar surface area (TPSA) is 30.0 Å². The number of carbonyl (C=O) groups excluding carboxylic acids is 1. The normalized spacial score (nSPS) is 16.8. The number of ketones is 1. The summed E-state index contributed by atoms with van der Waals surface area (Å²) in [6.07, 6.45) is 1.80. The Balaban J connectivity index is 2.20. The molecule has 1 aliphatic rings. The van der Waals surface area contributed by atoms with Crippen molar-refractivity contribution in [2.75, 3.05) is 0 Å². The third-order valence-corrected chi connectivity index (χ3v) is 3.60. The summed E-state index contributed by atoms with van der Waals surface area (Å²) < 4.78 is 37.0. The molecule has 0 saturated carbocycles. The van der Waals surface area contributed by atoms with Crippen molar-refractivity contribution in [2.45, 2.75) is 31.9 Å². The molecule has 0 fully saturated rings. The molecule has 0 bridgehead atoms. The smallest absolute Gasteiger partial charge is 0.288 e. The first-order valence-corrected chi connectivity index (χ1v) is 6.07. The van der Waals surface area contributed by atoms with Crippen LogP contribution in [-0.2, 0) is 6.18 Å². The maximum Gasteiger partial charge on any atom is 0.443 e. The van der Waals surface area contributed by atoms with E-state index in [9.17, 15) is 18.0 Å². The van der Waals surface area contributed by atoms with E-state index in [1.807, 2.05) is 6.08 Å². The molecule has 2 nitrogen and oxygen atoms in total. The van der Waals surface area contributed by atoms with Gasteiger partial charge in [-0.3, -0.25) is 4.79 Å². The van der Waals surface area contributed by atoms with Gasteiger partial charge in [0.1, 0.15) is 0 Å². The molecule has 1 heterocycles. The Morgan fingerprint density at radius 3 is 2.65 bits per heavy atom. The van der Waals surface area contributed by atoms with Crippen molar-refractivity contribution < 1.29 is 18.0 Å². The molecule has 0 atom stereocenters. The number of carbonyl (C=O) groups is 1. The Kier molecular flexibility index (Phi) is 3.33. The minimum atomic E-state index is -4.47. The fourth-order valence-electron chi connectivity index (χ4n) is 1.71. The van der Waals surface area contributed by atoms with Crippen molar-refractivity contribution in [3.05, 3.63) is 27.7 Å². The molecule has 1 aliphatic carbocycles. The first kappa shape index (κ1) is 12.3. The van der Waals surface area contributed by atoms with Gasteiger partial charge in [-0.2, -0.15) is 13.2 Å². The SMILES string of the molecule is O=C(C1=CCCCC1)c1cnc(C(F)(F)F)s1. The highest BCUT2D eigenvalue weighted by Crippen LogP contribution is 2.33. The minimum absolute atomic E-state index is 0.0745. The highest BCUT2D eigenvalue weighted by atomic mass is 32.1. The first-order valence-electron chi connectivity index (χ1n) is 5.25. The van der Waals surface area contributed by atoms with Crippen LogP contribution in [0.5, 0.6) is 0 Å². The maximum absolute atomic E-state index is 12.3. The summed E-state index contributed by atoms with van der Waals surface area (Å²) in [6.45, 7) is 0. The number of hydrogen-bond donors (Lipinski definition) is 0. The molecule has 0 unspecified atom stereocenters. The summed E-state index contributed by atoms with van der Waals surface area (Å²) in [4.78, 5) is 15.2. The van der Waals surface area contributed by atoms with E-state index in [0.717, 1.165) is 25.5 Å². The fraction of sp³-hybridized carbons (Fsp3) is 0.455. The van der Waals surface area contributed by atoms with Crippen LogP contribution in [0.3, 0.4) is 0 Å². The number of nitrogens with zero attached hydrogens (tertiary/aromatic N) is 1. The van der Waals surface area contributed by atoms with Crippen molar-refractivity contribution in [2.24, 2.45) is 0 Å². The second-order valence-electron chi connectivity index (χ2n) is 3.83. The van der Waals surface area contributed by atoms with E-state index in [2.05, 4.69) is 4.98 Å². The quantitative estimate of drug-likeness (QED) is 0.757. The molecular formula is C11H10F3NOS. The number of aromatic nitrogens is 1. The molecule has 1 aromatic heterocycles. The molecule has 0 aromatic carbocycles. The van der Waals surface area contributed by atoms with Gasteiger partial charge in [0.25, 0.3) is 0 Å².